The predicted octanol–water partition coefficient (Wildman–Crippen LogP) is 1.98. The van der Waals surface area contributed by atoms with Gasteiger partial charge in [0.25, 0.3) is 0 Å². The van der Waals surface area contributed by atoms with Gasteiger partial charge in [0.05, 0.1) is 24.9 Å². The van der Waals surface area contributed by atoms with Crippen LogP contribution in [0.2, 0.25) is 0 Å². The Morgan fingerprint density at radius 2 is 2.07 bits per heavy atom. The molecule has 0 saturated heterocycles. The molecule has 10 heteroatoms. The van der Waals surface area contributed by atoms with Gasteiger partial charge < -0.3 is 5.32 Å². The maximum Gasteiger partial charge on any atom is 0.442 e. The number of thiazole rings is 1. The summed E-state index contributed by atoms with van der Waals surface area (Å²) in [4.78, 5) is 36.7. The number of aromatic nitrogens is 5. The Bertz CT molecular complexity index is 1140. The van der Waals surface area contributed by atoms with Crippen molar-refractivity contribution in [2.75, 3.05) is 5.32 Å². The van der Waals surface area contributed by atoms with Gasteiger partial charge in [-0.15, -0.1) is 11.3 Å². The van der Waals surface area contributed by atoms with Crippen LogP contribution >= 0.6 is 11.3 Å². The molecule has 9 nitrogen and oxygen atoms in total. The smallest absolute Gasteiger partial charge is 0.326 e. The van der Waals surface area contributed by atoms with Crippen LogP contribution < -0.4 is 11.1 Å². The summed E-state index contributed by atoms with van der Waals surface area (Å²) < 4.78 is 6.09. The molecular weight excluding hydrogens is 380 g/mol. The molecule has 0 aliphatic heterocycles. The van der Waals surface area contributed by atoms with Crippen molar-refractivity contribution in [1.29, 1.82) is 0 Å². The van der Waals surface area contributed by atoms with E-state index in [1.54, 1.807) is 5.38 Å². The lowest BCUT2D eigenvalue weighted by molar-refractivity contribution is -0.115. The lowest BCUT2D eigenvalue weighted by atomic mass is 10.3. The fourth-order valence-corrected chi connectivity index (χ4v) is 3.32. The molecule has 0 bridgehead atoms. The van der Waals surface area contributed by atoms with Crippen molar-refractivity contribution in [1.82, 2.24) is 24.7 Å². The summed E-state index contributed by atoms with van der Waals surface area (Å²) in [6, 6.07) is 9.21. The minimum absolute atomic E-state index is 0.148. The van der Waals surface area contributed by atoms with E-state index in [0.29, 0.717) is 16.4 Å². The number of nitrogens with zero attached hydrogens (tertiary/aromatic N) is 5. The van der Waals surface area contributed by atoms with Gasteiger partial charge in [-0.3, -0.25) is 14.3 Å². The first-order chi connectivity index (χ1) is 13.7. The number of anilines is 1. The lowest BCUT2D eigenvalue weighted by Gasteiger charge is -2.03. The Morgan fingerprint density at radius 3 is 2.86 bits per heavy atom. The van der Waals surface area contributed by atoms with Gasteiger partial charge in [0.1, 0.15) is 10.7 Å². The zero-order chi connectivity index (χ0) is 19.3. The molecule has 1 amide bonds. The number of hydrogen-bond acceptors (Lipinski definition) is 8. The van der Waals surface area contributed by atoms with Crippen molar-refractivity contribution in [3.05, 3.63) is 75.6 Å². The zero-order valence-electron chi connectivity index (χ0n) is 14.5. The van der Waals surface area contributed by atoms with E-state index in [0.717, 1.165) is 5.69 Å². The molecule has 0 aliphatic rings. The summed E-state index contributed by atoms with van der Waals surface area (Å²) in [7, 11) is 0. The maximum atomic E-state index is 12.2. The van der Waals surface area contributed by atoms with Gasteiger partial charge >= 0.3 is 5.76 Å². The third kappa shape index (κ3) is 4.01. The first kappa shape index (κ1) is 17.7. The highest BCUT2D eigenvalue weighted by molar-refractivity contribution is 7.09. The topological polar surface area (TPSA) is 116 Å². The van der Waals surface area contributed by atoms with E-state index < -0.39 is 5.76 Å². The molecule has 0 aliphatic carbocycles. The quantitative estimate of drug-likeness (QED) is 0.531. The number of nitrogens with one attached hydrogen (secondary N) is 1. The molecule has 140 valence electrons. The van der Waals surface area contributed by atoms with Crippen LogP contribution in [-0.4, -0.2) is 30.6 Å². The summed E-state index contributed by atoms with van der Waals surface area (Å²) in [6.07, 6.45) is 4.67. The van der Waals surface area contributed by atoms with Crippen molar-refractivity contribution in [2.45, 2.75) is 13.0 Å². The fraction of sp³-hybridized carbons (Fsp3) is 0.111. The first-order valence-electron chi connectivity index (χ1n) is 8.30. The molecular formula is C18H14N6O3S. The van der Waals surface area contributed by atoms with Crippen LogP contribution in [0.5, 0.6) is 0 Å². The van der Waals surface area contributed by atoms with Crippen molar-refractivity contribution >= 4 is 22.9 Å². The lowest BCUT2D eigenvalue weighted by Crippen LogP contribution is -2.17. The summed E-state index contributed by atoms with van der Waals surface area (Å²) in [5.74, 6) is -0.499. The van der Waals surface area contributed by atoms with Crippen LogP contribution in [0.1, 0.15) is 10.7 Å². The van der Waals surface area contributed by atoms with E-state index in [1.807, 2.05) is 30.3 Å². The molecule has 0 saturated carbocycles. The van der Waals surface area contributed by atoms with Gasteiger partial charge in [0.15, 0.2) is 0 Å². The Balaban J connectivity index is 1.47. The molecule has 0 atom stereocenters. The third-order valence-corrected chi connectivity index (χ3v) is 4.66. The van der Waals surface area contributed by atoms with Gasteiger partial charge in [-0.1, -0.05) is 23.4 Å². The normalized spacial score (nSPS) is 10.7. The average molecular weight is 394 g/mol. The highest BCUT2D eigenvalue weighted by Gasteiger charge is 2.16. The summed E-state index contributed by atoms with van der Waals surface area (Å²) in [6.45, 7) is 0.158. The van der Waals surface area contributed by atoms with Crippen LogP contribution in [-0.2, 0) is 17.8 Å². The van der Waals surface area contributed by atoms with Gasteiger partial charge in [0.2, 0.25) is 11.7 Å². The summed E-state index contributed by atoms with van der Waals surface area (Å²) >= 11 is 1.35. The van der Waals surface area contributed by atoms with Crippen LogP contribution in [0.4, 0.5) is 5.69 Å². The predicted molar refractivity (Wildman–Crippen MR) is 102 cm³/mol. The number of rotatable bonds is 6. The second-order valence-corrected chi connectivity index (χ2v) is 6.72. The van der Waals surface area contributed by atoms with Crippen molar-refractivity contribution < 1.29 is 9.32 Å². The molecule has 3 heterocycles. The molecule has 0 fully saturated rings. The minimum atomic E-state index is -0.614. The molecule has 1 aromatic carbocycles. The standard InChI is InChI=1S/C18H14N6O3S/c25-15(21-12-4-2-1-3-5-12)8-16-22-13(11-28-16)10-24-17(23-27-18(24)26)14-9-19-6-7-20-14/h1-7,9,11H,8,10H2,(H,21,25). The molecule has 4 rings (SSSR count). The van der Waals surface area contributed by atoms with Crippen LogP contribution in [0.3, 0.4) is 0 Å². The van der Waals surface area contributed by atoms with E-state index in [1.165, 1.54) is 34.5 Å². The van der Waals surface area contributed by atoms with E-state index in [2.05, 4.69) is 25.4 Å². The SMILES string of the molecule is O=C(Cc1nc(Cn2c(-c3cnccn3)noc2=O)cs1)Nc1ccccc1. The Morgan fingerprint density at radius 1 is 1.21 bits per heavy atom. The van der Waals surface area contributed by atoms with Crippen LogP contribution in [0, 0.1) is 0 Å². The maximum absolute atomic E-state index is 12.2. The number of amides is 1. The summed E-state index contributed by atoms with van der Waals surface area (Å²) in [5.41, 5.74) is 1.78. The Hall–Kier alpha value is -3.66. The monoisotopic (exact) mass is 394 g/mol. The number of carbonyl (C=O) groups is 1. The van der Waals surface area contributed by atoms with E-state index >= 15 is 0 Å². The minimum Gasteiger partial charge on any atom is -0.326 e. The number of carbonyl (C=O) groups excluding carboxylic acids is 1. The molecule has 0 unspecified atom stereocenters. The first-order valence-corrected chi connectivity index (χ1v) is 9.18. The van der Waals surface area contributed by atoms with Crippen molar-refractivity contribution in [2.24, 2.45) is 0 Å². The van der Waals surface area contributed by atoms with Gasteiger partial charge in [-0.2, -0.15) is 0 Å². The highest BCUT2D eigenvalue weighted by Crippen LogP contribution is 2.16. The number of hydrogen-bond donors (Lipinski definition) is 1. The largest absolute Gasteiger partial charge is 0.442 e. The third-order valence-electron chi connectivity index (χ3n) is 3.77. The summed E-state index contributed by atoms with van der Waals surface area (Å²) in [5, 5.41) is 9.03. The van der Waals surface area contributed by atoms with Crippen LogP contribution in [0.15, 0.2) is 63.6 Å². The molecule has 0 radical (unpaired) electrons. The fourth-order valence-electron chi connectivity index (χ4n) is 2.54. The van der Waals surface area contributed by atoms with Gasteiger partial charge in [0, 0.05) is 23.5 Å². The van der Waals surface area contributed by atoms with E-state index in [4.69, 9.17) is 4.52 Å². The average Bonchev–Trinajstić information content (AvgIpc) is 3.30. The second-order valence-electron chi connectivity index (χ2n) is 5.77. The van der Waals surface area contributed by atoms with E-state index in [-0.39, 0.29) is 24.7 Å². The second kappa shape index (κ2) is 7.92. The highest BCUT2D eigenvalue weighted by atomic mass is 32.1. The van der Waals surface area contributed by atoms with Gasteiger partial charge in [-0.25, -0.2) is 19.3 Å². The molecule has 28 heavy (non-hydrogen) atoms. The zero-order valence-corrected chi connectivity index (χ0v) is 15.3. The number of benzene rings is 1. The molecule has 4 aromatic rings. The molecule has 0 spiro atoms. The Kier molecular flexibility index (Phi) is 5.02. The number of para-hydroxylation sites is 1. The van der Waals surface area contributed by atoms with Crippen LogP contribution in [0.25, 0.3) is 11.5 Å². The molecule has 3 aromatic heterocycles. The van der Waals surface area contributed by atoms with Crippen molar-refractivity contribution in [3.8, 4) is 11.5 Å². The molecule has 1 N–H and O–H groups in total. The van der Waals surface area contributed by atoms with E-state index in [9.17, 15) is 9.59 Å². The van der Waals surface area contributed by atoms with Gasteiger partial charge in [-0.05, 0) is 12.1 Å². The van der Waals surface area contributed by atoms with Crippen molar-refractivity contribution in [3.63, 3.8) is 0 Å². The Labute approximate surface area is 162 Å².